The maximum atomic E-state index is 14.4. The number of benzene rings is 4. The highest BCUT2D eigenvalue weighted by molar-refractivity contribution is 6.42. The minimum absolute atomic E-state index is 0.114. The van der Waals surface area contributed by atoms with Gasteiger partial charge in [0.15, 0.2) is 0 Å². The summed E-state index contributed by atoms with van der Waals surface area (Å²) in [6.45, 7) is 2.77. The average molecular weight is 574 g/mol. The van der Waals surface area contributed by atoms with Crippen molar-refractivity contribution in [3.8, 4) is 0 Å². The largest absolute Gasteiger partial charge is 0.354 e. The Kier molecular flexibility index (Phi) is 10.8. The Balaban J connectivity index is 1.74. The van der Waals surface area contributed by atoms with Crippen LogP contribution in [-0.2, 0) is 22.6 Å². The van der Waals surface area contributed by atoms with Gasteiger partial charge in [-0.05, 0) is 40.8 Å². The maximum absolute atomic E-state index is 14.4. The topological polar surface area (TPSA) is 49.4 Å². The van der Waals surface area contributed by atoms with Crippen LogP contribution in [0.3, 0.4) is 0 Å². The van der Waals surface area contributed by atoms with E-state index in [1.807, 2.05) is 104 Å². The van der Waals surface area contributed by atoms with Crippen LogP contribution in [-0.4, -0.2) is 29.3 Å². The van der Waals surface area contributed by atoms with Crippen LogP contribution in [0.4, 0.5) is 0 Å². The first-order valence-corrected chi connectivity index (χ1v) is 14.4. The van der Waals surface area contributed by atoms with Crippen molar-refractivity contribution in [3.05, 3.63) is 141 Å². The Bertz CT molecular complexity index is 1340. The Hall–Kier alpha value is -3.60. The van der Waals surface area contributed by atoms with E-state index in [2.05, 4.69) is 5.32 Å². The summed E-state index contributed by atoms with van der Waals surface area (Å²) in [6.07, 6.45) is 1.40. The number of halogens is 2. The zero-order valence-electron chi connectivity index (χ0n) is 22.6. The molecule has 2 amide bonds. The monoisotopic (exact) mass is 572 g/mol. The van der Waals surface area contributed by atoms with Gasteiger partial charge in [-0.15, -0.1) is 0 Å². The highest BCUT2D eigenvalue weighted by Gasteiger charge is 2.32. The van der Waals surface area contributed by atoms with Crippen LogP contribution < -0.4 is 5.32 Å². The van der Waals surface area contributed by atoms with Crippen LogP contribution in [0.5, 0.6) is 0 Å². The van der Waals surface area contributed by atoms with Gasteiger partial charge in [-0.25, -0.2) is 0 Å². The molecule has 0 aromatic heterocycles. The van der Waals surface area contributed by atoms with Gasteiger partial charge in [-0.3, -0.25) is 9.59 Å². The third kappa shape index (κ3) is 7.97. The molecule has 0 spiro atoms. The van der Waals surface area contributed by atoms with Crippen LogP contribution in [0.25, 0.3) is 0 Å². The number of nitrogens with one attached hydrogen (secondary N) is 1. The van der Waals surface area contributed by atoms with Gasteiger partial charge in [-0.1, -0.05) is 127 Å². The maximum Gasteiger partial charge on any atom is 0.243 e. The second-order valence-electron chi connectivity index (χ2n) is 9.84. The molecule has 4 nitrogen and oxygen atoms in total. The zero-order chi connectivity index (χ0) is 28.3. The molecular weight excluding hydrogens is 539 g/mol. The van der Waals surface area contributed by atoms with E-state index in [0.29, 0.717) is 23.0 Å². The molecule has 0 unspecified atom stereocenters. The summed E-state index contributed by atoms with van der Waals surface area (Å²) < 4.78 is 0. The van der Waals surface area contributed by atoms with E-state index in [4.69, 9.17) is 23.2 Å². The third-order valence-corrected chi connectivity index (χ3v) is 7.68. The van der Waals surface area contributed by atoms with Gasteiger partial charge < -0.3 is 10.2 Å². The summed E-state index contributed by atoms with van der Waals surface area (Å²) in [7, 11) is 0. The molecule has 1 N–H and O–H groups in total. The van der Waals surface area contributed by atoms with E-state index in [9.17, 15) is 9.59 Å². The Morgan fingerprint density at radius 3 is 1.88 bits per heavy atom. The second kappa shape index (κ2) is 14.7. The van der Waals surface area contributed by atoms with Crippen LogP contribution in [0.2, 0.25) is 10.0 Å². The molecule has 0 heterocycles. The summed E-state index contributed by atoms with van der Waals surface area (Å²) in [4.78, 5) is 29.7. The minimum atomic E-state index is -0.705. The van der Waals surface area contributed by atoms with E-state index >= 15 is 0 Å². The van der Waals surface area contributed by atoms with Gasteiger partial charge in [0.05, 0.1) is 10.0 Å². The van der Waals surface area contributed by atoms with Gasteiger partial charge >= 0.3 is 0 Å². The van der Waals surface area contributed by atoms with Crippen molar-refractivity contribution >= 4 is 35.0 Å². The Labute approximate surface area is 246 Å². The summed E-state index contributed by atoms with van der Waals surface area (Å²) in [5.41, 5.74) is 3.88. The van der Waals surface area contributed by atoms with Crippen molar-refractivity contribution in [1.29, 1.82) is 0 Å². The molecule has 0 aliphatic rings. The van der Waals surface area contributed by atoms with E-state index in [1.54, 1.807) is 17.0 Å². The Morgan fingerprint density at radius 1 is 0.750 bits per heavy atom. The van der Waals surface area contributed by atoms with Gasteiger partial charge in [0.1, 0.15) is 6.04 Å². The lowest BCUT2D eigenvalue weighted by atomic mass is 9.87. The summed E-state index contributed by atoms with van der Waals surface area (Å²) in [5, 5.41) is 3.88. The van der Waals surface area contributed by atoms with Crippen molar-refractivity contribution in [1.82, 2.24) is 10.2 Å². The molecule has 40 heavy (non-hydrogen) atoms. The number of hydrogen-bond donors (Lipinski definition) is 1. The van der Waals surface area contributed by atoms with E-state index in [-0.39, 0.29) is 30.7 Å². The lowest BCUT2D eigenvalue weighted by Crippen LogP contribution is -2.50. The standard InChI is InChI=1S/C34H34Cl2N2O2/c1-2-20-37-34(40)32(22-25-12-6-3-7-13-25)38(24-26-18-19-30(35)31(36)21-26)33(39)23-29(27-14-8-4-9-15-27)28-16-10-5-11-17-28/h3-19,21,29,32H,2,20,22-24H2,1H3,(H,37,40)/t32-/m1/s1. The molecule has 4 rings (SSSR count). The first kappa shape index (κ1) is 29.4. The van der Waals surface area contributed by atoms with Crippen molar-refractivity contribution in [2.75, 3.05) is 6.54 Å². The molecule has 6 heteroatoms. The molecule has 0 saturated carbocycles. The van der Waals surface area contributed by atoms with Crippen molar-refractivity contribution in [2.45, 2.75) is 44.7 Å². The second-order valence-corrected chi connectivity index (χ2v) is 10.7. The highest BCUT2D eigenvalue weighted by atomic mass is 35.5. The smallest absolute Gasteiger partial charge is 0.243 e. The first-order valence-electron chi connectivity index (χ1n) is 13.6. The molecule has 206 valence electrons. The van der Waals surface area contributed by atoms with Crippen LogP contribution >= 0.6 is 23.2 Å². The SMILES string of the molecule is CCCNC(=O)[C@@H](Cc1ccccc1)N(Cc1ccc(Cl)c(Cl)c1)C(=O)CC(c1ccccc1)c1ccccc1. The summed E-state index contributed by atoms with van der Waals surface area (Å²) >= 11 is 12.5. The van der Waals surface area contributed by atoms with Crippen LogP contribution in [0.15, 0.2) is 109 Å². The Morgan fingerprint density at radius 2 is 1.32 bits per heavy atom. The quantitative estimate of drug-likeness (QED) is 0.189. The summed E-state index contributed by atoms with van der Waals surface area (Å²) in [6, 6.07) is 34.5. The number of amides is 2. The van der Waals surface area contributed by atoms with Gasteiger partial charge in [-0.2, -0.15) is 0 Å². The van der Waals surface area contributed by atoms with Crippen molar-refractivity contribution in [2.24, 2.45) is 0 Å². The predicted octanol–water partition coefficient (Wildman–Crippen LogP) is 7.68. The predicted molar refractivity (Wildman–Crippen MR) is 164 cm³/mol. The molecule has 0 aliphatic carbocycles. The molecule has 4 aromatic carbocycles. The molecule has 0 saturated heterocycles. The van der Waals surface area contributed by atoms with Crippen LogP contribution in [0.1, 0.15) is 47.9 Å². The van der Waals surface area contributed by atoms with E-state index in [0.717, 1.165) is 28.7 Å². The molecule has 0 bridgehead atoms. The molecule has 0 aliphatic heterocycles. The fourth-order valence-corrected chi connectivity index (χ4v) is 5.17. The average Bonchev–Trinajstić information content (AvgIpc) is 2.99. The number of carbonyl (C=O) groups excluding carboxylic acids is 2. The normalized spacial score (nSPS) is 11.7. The van der Waals surface area contributed by atoms with Crippen LogP contribution in [0, 0.1) is 0 Å². The van der Waals surface area contributed by atoms with Gasteiger partial charge in [0.2, 0.25) is 11.8 Å². The van der Waals surface area contributed by atoms with Gasteiger partial charge in [0.25, 0.3) is 0 Å². The number of nitrogens with zero attached hydrogens (tertiary/aromatic N) is 1. The fourth-order valence-electron chi connectivity index (χ4n) is 4.85. The molecule has 0 fully saturated rings. The molecule has 1 atom stereocenters. The number of hydrogen-bond acceptors (Lipinski definition) is 2. The zero-order valence-corrected chi connectivity index (χ0v) is 24.1. The first-order chi connectivity index (χ1) is 19.5. The van der Waals surface area contributed by atoms with Crippen molar-refractivity contribution < 1.29 is 9.59 Å². The lowest BCUT2D eigenvalue weighted by Gasteiger charge is -2.33. The fraction of sp³-hybridized carbons (Fsp3) is 0.235. The highest BCUT2D eigenvalue weighted by Crippen LogP contribution is 2.30. The summed E-state index contributed by atoms with van der Waals surface area (Å²) in [5.74, 6) is -0.450. The molecule has 0 radical (unpaired) electrons. The molecule has 4 aromatic rings. The number of rotatable bonds is 12. The van der Waals surface area contributed by atoms with Crippen molar-refractivity contribution in [3.63, 3.8) is 0 Å². The lowest BCUT2D eigenvalue weighted by molar-refractivity contribution is -0.141. The number of carbonyl (C=O) groups is 2. The van der Waals surface area contributed by atoms with Gasteiger partial charge in [0, 0.05) is 31.8 Å². The van der Waals surface area contributed by atoms with E-state index in [1.165, 1.54) is 0 Å². The molecular formula is C34H34Cl2N2O2. The minimum Gasteiger partial charge on any atom is -0.354 e. The third-order valence-electron chi connectivity index (χ3n) is 6.94. The van der Waals surface area contributed by atoms with E-state index < -0.39 is 6.04 Å².